The van der Waals surface area contributed by atoms with Crippen LogP contribution in [0.3, 0.4) is 0 Å². The quantitative estimate of drug-likeness (QED) is 0.560. The SMILES string of the molecule is Nc1ncccc1NCc1cc(NC(=O)c2ccc(Cl)cc2Cl)ccc1F. The molecule has 8 heteroatoms. The van der Waals surface area contributed by atoms with E-state index >= 15 is 0 Å². The molecule has 0 radical (unpaired) electrons. The van der Waals surface area contributed by atoms with Gasteiger partial charge in [-0.3, -0.25) is 4.79 Å². The maximum absolute atomic E-state index is 14.1. The summed E-state index contributed by atoms with van der Waals surface area (Å²) in [5, 5.41) is 6.38. The average Bonchev–Trinajstić information content (AvgIpc) is 2.63. The molecule has 5 nitrogen and oxygen atoms in total. The van der Waals surface area contributed by atoms with E-state index < -0.39 is 11.7 Å². The number of rotatable bonds is 5. The van der Waals surface area contributed by atoms with Crippen molar-refractivity contribution in [3.8, 4) is 0 Å². The molecule has 0 aliphatic carbocycles. The van der Waals surface area contributed by atoms with Gasteiger partial charge in [-0.1, -0.05) is 23.2 Å². The summed E-state index contributed by atoms with van der Waals surface area (Å²) in [5.41, 5.74) is 7.42. The summed E-state index contributed by atoms with van der Waals surface area (Å²) in [7, 11) is 0. The first-order valence-corrected chi connectivity index (χ1v) is 8.69. The van der Waals surface area contributed by atoms with Crippen molar-refractivity contribution < 1.29 is 9.18 Å². The largest absolute Gasteiger partial charge is 0.382 e. The van der Waals surface area contributed by atoms with Gasteiger partial charge in [0.05, 0.1) is 16.3 Å². The van der Waals surface area contributed by atoms with E-state index in [4.69, 9.17) is 28.9 Å². The van der Waals surface area contributed by atoms with Crippen LogP contribution in [0.2, 0.25) is 10.0 Å². The number of aromatic nitrogens is 1. The number of amides is 1. The van der Waals surface area contributed by atoms with Gasteiger partial charge in [0.1, 0.15) is 11.6 Å². The topological polar surface area (TPSA) is 80.0 Å². The molecule has 0 saturated heterocycles. The number of nitrogens with one attached hydrogen (secondary N) is 2. The van der Waals surface area contributed by atoms with Gasteiger partial charge in [0.2, 0.25) is 0 Å². The molecule has 0 aliphatic rings. The number of benzene rings is 2. The molecule has 3 aromatic rings. The Morgan fingerprint density at radius 2 is 1.96 bits per heavy atom. The standard InChI is InChI=1S/C19H15Cl2FN4O/c20-12-3-5-14(15(21)9-12)19(27)26-13-4-6-16(22)11(8-13)10-25-17-2-1-7-24-18(17)23/h1-9,25H,10H2,(H2,23,24)(H,26,27). The molecule has 0 saturated carbocycles. The van der Waals surface area contributed by atoms with Crippen LogP contribution in [0.4, 0.5) is 21.6 Å². The van der Waals surface area contributed by atoms with Crippen molar-refractivity contribution in [3.05, 3.63) is 81.7 Å². The molecule has 0 atom stereocenters. The van der Waals surface area contributed by atoms with E-state index in [2.05, 4.69) is 15.6 Å². The fourth-order valence-electron chi connectivity index (χ4n) is 2.42. The third-order valence-corrected chi connectivity index (χ3v) is 4.33. The normalized spacial score (nSPS) is 10.5. The average molecular weight is 405 g/mol. The molecule has 3 rings (SSSR count). The monoisotopic (exact) mass is 404 g/mol. The lowest BCUT2D eigenvalue weighted by Gasteiger charge is -2.12. The summed E-state index contributed by atoms with van der Waals surface area (Å²) in [6.07, 6.45) is 1.57. The van der Waals surface area contributed by atoms with Gasteiger partial charge in [-0.15, -0.1) is 0 Å². The Hall–Kier alpha value is -2.83. The molecule has 2 aromatic carbocycles. The van der Waals surface area contributed by atoms with Gasteiger partial charge in [-0.05, 0) is 48.5 Å². The third-order valence-electron chi connectivity index (χ3n) is 3.79. The molecular formula is C19H15Cl2FN4O. The zero-order chi connectivity index (χ0) is 19.4. The predicted molar refractivity (Wildman–Crippen MR) is 107 cm³/mol. The van der Waals surface area contributed by atoms with E-state index in [0.29, 0.717) is 27.8 Å². The number of carbonyl (C=O) groups excluding carboxylic acids is 1. The summed E-state index contributed by atoms with van der Waals surface area (Å²) in [5.74, 6) is -0.508. The fraction of sp³-hybridized carbons (Fsp3) is 0.0526. The smallest absolute Gasteiger partial charge is 0.257 e. The van der Waals surface area contributed by atoms with Gasteiger partial charge in [-0.2, -0.15) is 0 Å². The maximum atomic E-state index is 14.1. The van der Waals surface area contributed by atoms with E-state index in [1.807, 2.05) is 0 Å². The number of halogens is 3. The second-order valence-electron chi connectivity index (χ2n) is 5.67. The number of nitrogens with zero attached hydrogens (tertiary/aromatic N) is 1. The zero-order valence-corrected chi connectivity index (χ0v) is 15.5. The molecule has 0 aliphatic heterocycles. The lowest BCUT2D eigenvalue weighted by atomic mass is 10.1. The van der Waals surface area contributed by atoms with Crippen molar-refractivity contribution in [1.82, 2.24) is 4.98 Å². The van der Waals surface area contributed by atoms with Crippen LogP contribution in [0, 0.1) is 5.82 Å². The van der Waals surface area contributed by atoms with Crippen LogP contribution in [0.25, 0.3) is 0 Å². The van der Waals surface area contributed by atoms with Gasteiger partial charge in [0.25, 0.3) is 5.91 Å². The van der Waals surface area contributed by atoms with Crippen LogP contribution in [0.15, 0.2) is 54.7 Å². The number of pyridine rings is 1. The van der Waals surface area contributed by atoms with Crippen LogP contribution >= 0.6 is 23.2 Å². The summed E-state index contributed by atoms with van der Waals surface area (Å²) >= 11 is 11.9. The Labute approximate surface area is 165 Å². The van der Waals surface area contributed by atoms with Gasteiger partial charge >= 0.3 is 0 Å². The minimum Gasteiger partial charge on any atom is -0.382 e. The van der Waals surface area contributed by atoms with E-state index in [0.717, 1.165) is 0 Å². The summed E-state index contributed by atoms with van der Waals surface area (Å²) in [4.78, 5) is 16.4. The number of hydrogen-bond acceptors (Lipinski definition) is 4. The summed E-state index contributed by atoms with van der Waals surface area (Å²) in [6, 6.07) is 12.3. The highest BCUT2D eigenvalue weighted by Crippen LogP contribution is 2.23. The lowest BCUT2D eigenvalue weighted by Crippen LogP contribution is -2.13. The fourth-order valence-corrected chi connectivity index (χ4v) is 2.91. The summed E-state index contributed by atoms with van der Waals surface area (Å²) < 4.78 is 14.1. The number of anilines is 3. The van der Waals surface area contributed by atoms with Crippen molar-refractivity contribution in [2.24, 2.45) is 0 Å². The molecule has 138 valence electrons. The van der Waals surface area contributed by atoms with Crippen LogP contribution in [0.1, 0.15) is 15.9 Å². The van der Waals surface area contributed by atoms with Crippen molar-refractivity contribution in [2.45, 2.75) is 6.54 Å². The van der Waals surface area contributed by atoms with Crippen LogP contribution in [-0.4, -0.2) is 10.9 Å². The van der Waals surface area contributed by atoms with Crippen LogP contribution < -0.4 is 16.4 Å². The number of nitrogens with two attached hydrogens (primary N) is 1. The van der Waals surface area contributed by atoms with Gasteiger partial charge in [0, 0.05) is 29.0 Å². The molecule has 27 heavy (non-hydrogen) atoms. The predicted octanol–water partition coefficient (Wildman–Crippen LogP) is 4.97. The number of nitrogen functional groups attached to an aromatic ring is 1. The number of hydrogen-bond donors (Lipinski definition) is 3. The molecule has 1 aromatic heterocycles. The van der Waals surface area contributed by atoms with Crippen molar-refractivity contribution >= 4 is 46.3 Å². The minimum absolute atomic E-state index is 0.174. The first kappa shape index (κ1) is 18.9. The second-order valence-corrected chi connectivity index (χ2v) is 6.52. The Balaban J connectivity index is 1.74. The first-order valence-electron chi connectivity index (χ1n) is 7.93. The molecule has 0 spiro atoms. The third kappa shape index (κ3) is 4.67. The van der Waals surface area contributed by atoms with Crippen molar-refractivity contribution in [3.63, 3.8) is 0 Å². The maximum Gasteiger partial charge on any atom is 0.257 e. The molecule has 1 amide bonds. The second kappa shape index (κ2) is 8.24. The highest BCUT2D eigenvalue weighted by molar-refractivity contribution is 6.37. The Kier molecular flexibility index (Phi) is 5.78. The van der Waals surface area contributed by atoms with Crippen molar-refractivity contribution in [2.75, 3.05) is 16.4 Å². The lowest BCUT2D eigenvalue weighted by molar-refractivity contribution is 0.102. The van der Waals surface area contributed by atoms with E-state index in [1.165, 1.54) is 30.3 Å². The highest BCUT2D eigenvalue weighted by Gasteiger charge is 2.12. The van der Waals surface area contributed by atoms with E-state index in [9.17, 15) is 9.18 Å². The first-order chi connectivity index (χ1) is 12.9. The molecule has 1 heterocycles. The van der Waals surface area contributed by atoms with Crippen LogP contribution in [0.5, 0.6) is 0 Å². The Bertz CT molecular complexity index is 997. The molecule has 0 bridgehead atoms. The molecular weight excluding hydrogens is 390 g/mol. The highest BCUT2D eigenvalue weighted by atomic mass is 35.5. The zero-order valence-electron chi connectivity index (χ0n) is 14.0. The Morgan fingerprint density at radius 1 is 1.15 bits per heavy atom. The van der Waals surface area contributed by atoms with Gasteiger partial charge in [0.15, 0.2) is 0 Å². The van der Waals surface area contributed by atoms with Gasteiger partial charge < -0.3 is 16.4 Å². The minimum atomic E-state index is -0.418. The van der Waals surface area contributed by atoms with E-state index in [-0.39, 0.29) is 17.1 Å². The van der Waals surface area contributed by atoms with Crippen LogP contribution in [-0.2, 0) is 6.54 Å². The molecule has 0 fully saturated rings. The van der Waals surface area contributed by atoms with Crippen molar-refractivity contribution in [1.29, 1.82) is 0 Å². The number of carbonyl (C=O) groups is 1. The Morgan fingerprint density at radius 3 is 2.70 bits per heavy atom. The summed E-state index contributed by atoms with van der Waals surface area (Å²) in [6.45, 7) is 0.174. The molecule has 0 unspecified atom stereocenters. The molecule has 4 N–H and O–H groups in total. The van der Waals surface area contributed by atoms with E-state index in [1.54, 1.807) is 24.4 Å². The van der Waals surface area contributed by atoms with Gasteiger partial charge in [-0.25, -0.2) is 9.37 Å².